The smallest absolute Gasteiger partial charge is 0.235 e. The van der Waals surface area contributed by atoms with Crippen LogP contribution in [0.15, 0.2) is 18.2 Å². The highest BCUT2D eigenvalue weighted by molar-refractivity contribution is 7.80. The summed E-state index contributed by atoms with van der Waals surface area (Å²) in [4.78, 5) is 10.7. The molecule has 18 heavy (non-hydrogen) atoms. The van der Waals surface area contributed by atoms with E-state index in [2.05, 4.69) is 16.2 Å². The van der Waals surface area contributed by atoms with Crippen LogP contribution in [-0.2, 0) is 4.79 Å². The standard InChI is InChI=1S/C11H13N3O3S/c1-7(15)13-14-11(18)12-8-2-3-9-10(6-8)17-5-4-16-9/h2-3,6H,4-5H2,1H3,(H,13,15)(H2,12,14,18). The lowest BCUT2D eigenvalue weighted by Crippen LogP contribution is -2.42. The summed E-state index contributed by atoms with van der Waals surface area (Å²) in [5.74, 6) is 1.17. The highest BCUT2D eigenvalue weighted by Gasteiger charge is 2.11. The predicted octanol–water partition coefficient (Wildman–Crippen LogP) is 0.795. The minimum Gasteiger partial charge on any atom is -0.486 e. The first-order chi connectivity index (χ1) is 8.65. The van der Waals surface area contributed by atoms with Gasteiger partial charge in [-0.25, -0.2) is 0 Å². The molecule has 0 saturated carbocycles. The predicted molar refractivity (Wildman–Crippen MR) is 70.6 cm³/mol. The molecule has 1 heterocycles. The Morgan fingerprint density at radius 1 is 1.22 bits per heavy atom. The fraction of sp³-hybridized carbons (Fsp3) is 0.273. The summed E-state index contributed by atoms with van der Waals surface area (Å²) in [6, 6.07) is 5.41. The lowest BCUT2D eigenvalue weighted by atomic mass is 10.2. The normalized spacial score (nSPS) is 12.5. The molecule has 7 heteroatoms. The van der Waals surface area contributed by atoms with Gasteiger partial charge in [-0.1, -0.05) is 0 Å². The molecule has 1 aliphatic rings. The lowest BCUT2D eigenvalue weighted by Gasteiger charge is -2.19. The highest BCUT2D eigenvalue weighted by atomic mass is 32.1. The van der Waals surface area contributed by atoms with Crippen molar-refractivity contribution in [2.75, 3.05) is 18.5 Å². The topological polar surface area (TPSA) is 71.6 Å². The van der Waals surface area contributed by atoms with E-state index in [9.17, 15) is 4.79 Å². The van der Waals surface area contributed by atoms with Crippen LogP contribution in [0.3, 0.4) is 0 Å². The first kappa shape index (κ1) is 12.4. The average Bonchev–Trinajstić information content (AvgIpc) is 2.36. The van der Waals surface area contributed by atoms with E-state index < -0.39 is 0 Å². The van der Waals surface area contributed by atoms with Gasteiger partial charge in [0.05, 0.1) is 0 Å². The summed E-state index contributed by atoms with van der Waals surface area (Å²) >= 11 is 5.00. The van der Waals surface area contributed by atoms with Crippen LogP contribution in [0.4, 0.5) is 5.69 Å². The number of ether oxygens (including phenoxy) is 2. The molecular weight excluding hydrogens is 254 g/mol. The van der Waals surface area contributed by atoms with Gasteiger partial charge in [-0.2, -0.15) is 0 Å². The summed E-state index contributed by atoms with van der Waals surface area (Å²) in [6.07, 6.45) is 0. The number of carbonyl (C=O) groups excluding carboxylic acids is 1. The fourth-order valence-corrected chi connectivity index (χ4v) is 1.60. The van der Waals surface area contributed by atoms with Crippen molar-refractivity contribution in [3.63, 3.8) is 0 Å². The summed E-state index contributed by atoms with van der Waals surface area (Å²) in [5, 5.41) is 3.21. The van der Waals surface area contributed by atoms with Crippen LogP contribution < -0.4 is 25.6 Å². The van der Waals surface area contributed by atoms with Crippen molar-refractivity contribution < 1.29 is 14.3 Å². The van der Waals surface area contributed by atoms with Gasteiger partial charge in [-0.3, -0.25) is 15.6 Å². The molecule has 2 rings (SSSR count). The second-order valence-corrected chi connectivity index (χ2v) is 4.03. The van der Waals surface area contributed by atoms with Crippen molar-refractivity contribution in [1.82, 2.24) is 10.9 Å². The molecule has 0 aromatic heterocycles. The number of hydrogen-bond acceptors (Lipinski definition) is 4. The quantitative estimate of drug-likeness (QED) is 0.516. The zero-order valence-corrected chi connectivity index (χ0v) is 10.6. The number of hydrazine groups is 1. The Bertz CT molecular complexity index is 479. The van der Waals surface area contributed by atoms with E-state index in [4.69, 9.17) is 21.7 Å². The maximum atomic E-state index is 10.7. The molecule has 6 nitrogen and oxygen atoms in total. The fourth-order valence-electron chi connectivity index (χ4n) is 1.43. The first-order valence-electron chi connectivity index (χ1n) is 5.38. The lowest BCUT2D eigenvalue weighted by molar-refractivity contribution is -0.119. The molecule has 0 radical (unpaired) electrons. The number of nitrogens with one attached hydrogen (secondary N) is 3. The Morgan fingerprint density at radius 3 is 2.67 bits per heavy atom. The number of carbonyl (C=O) groups is 1. The van der Waals surface area contributed by atoms with Gasteiger partial charge >= 0.3 is 0 Å². The summed E-state index contributed by atoms with van der Waals surface area (Å²) < 4.78 is 10.8. The number of thiocarbonyl (C=S) groups is 1. The first-order valence-corrected chi connectivity index (χ1v) is 5.79. The van der Waals surface area contributed by atoms with Gasteiger partial charge in [0.25, 0.3) is 0 Å². The molecule has 0 unspecified atom stereocenters. The third kappa shape index (κ3) is 3.24. The molecule has 1 aromatic rings. The van der Waals surface area contributed by atoms with E-state index >= 15 is 0 Å². The van der Waals surface area contributed by atoms with Crippen molar-refractivity contribution in [3.8, 4) is 11.5 Å². The number of rotatable bonds is 1. The van der Waals surface area contributed by atoms with Crippen LogP contribution in [0.2, 0.25) is 0 Å². The number of anilines is 1. The van der Waals surface area contributed by atoms with Gasteiger partial charge in [-0.15, -0.1) is 0 Å². The SMILES string of the molecule is CC(=O)NNC(=S)Nc1ccc2c(c1)OCCO2. The molecule has 1 amide bonds. The Labute approximate surface area is 110 Å². The molecule has 0 fully saturated rings. The molecule has 0 spiro atoms. The van der Waals surface area contributed by atoms with Crippen molar-refractivity contribution in [2.24, 2.45) is 0 Å². The molecule has 0 atom stereocenters. The Kier molecular flexibility index (Phi) is 3.83. The van der Waals surface area contributed by atoms with Crippen LogP contribution >= 0.6 is 12.2 Å². The van der Waals surface area contributed by atoms with E-state index in [1.165, 1.54) is 6.92 Å². The molecule has 0 bridgehead atoms. The number of hydrogen-bond donors (Lipinski definition) is 3. The van der Waals surface area contributed by atoms with Crippen molar-refractivity contribution in [2.45, 2.75) is 6.92 Å². The molecule has 1 aromatic carbocycles. The van der Waals surface area contributed by atoms with Crippen molar-refractivity contribution in [3.05, 3.63) is 18.2 Å². The third-order valence-corrected chi connectivity index (χ3v) is 2.36. The number of amides is 1. The highest BCUT2D eigenvalue weighted by Crippen LogP contribution is 2.32. The third-order valence-electron chi connectivity index (χ3n) is 2.15. The van der Waals surface area contributed by atoms with Crippen molar-refractivity contribution >= 4 is 28.9 Å². The molecule has 1 aliphatic heterocycles. The maximum Gasteiger partial charge on any atom is 0.235 e. The van der Waals surface area contributed by atoms with Gasteiger partial charge in [0.1, 0.15) is 13.2 Å². The largest absolute Gasteiger partial charge is 0.486 e. The molecule has 3 N–H and O–H groups in total. The van der Waals surface area contributed by atoms with E-state index in [-0.39, 0.29) is 5.91 Å². The molecule has 0 aliphatic carbocycles. The maximum absolute atomic E-state index is 10.7. The second kappa shape index (κ2) is 5.54. The monoisotopic (exact) mass is 267 g/mol. The minimum atomic E-state index is -0.221. The zero-order chi connectivity index (χ0) is 13.0. The van der Waals surface area contributed by atoms with Gasteiger partial charge < -0.3 is 14.8 Å². The molecule has 96 valence electrons. The second-order valence-electron chi connectivity index (χ2n) is 3.62. The van der Waals surface area contributed by atoms with Crippen LogP contribution in [0.1, 0.15) is 6.92 Å². The van der Waals surface area contributed by atoms with Gasteiger partial charge in [0, 0.05) is 18.7 Å². The summed E-state index contributed by atoms with van der Waals surface area (Å²) in [7, 11) is 0. The number of fused-ring (bicyclic) bond motifs is 1. The van der Waals surface area contributed by atoms with Crippen LogP contribution in [0.5, 0.6) is 11.5 Å². The zero-order valence-electron chi connectivity index (χ0n) is 9.78. The van der Waals surface area contributed by atoms with Crippen molar-refractivity contribution in [1.29, 1.82) is 0 Å². The van der Waals surface area contributed by atoms with Crippen LogP contribution in [0, 0.1) is 0 Å². The average molecular weight is 267 g/mol. The molecular formula is C11H13N3O3S. The van der Waals surface area contributed by atoms with E-state index in [1.54, 1.807) is 12.1 Å². The van der Waals surface area contributed by atoms with E-state index in [0.717, 1.165) is 5.69 Å². The Morgan fingerprint density at radius 2 is 1.94 bits per heavy atom. The minimum absolute atomic E-state index is 0.221. The van der Waals surface area contributed by atoms with Crippen LogP contribution in [-0.4, -0.2) is 24.2 Å². The summed E-state index contributed by atoms with van der Waals surface area (Å²) in [5.41, 5.74) is 5.69. The van der Waals surface area contributed by atoms with Crippen LogP contribution in [0.25, 0.3) is 0 Å². The van der Waals surface area contributed by atoms with Gasteiger partial charge in [-0.05, 0) is 24.4 Å². The van der Waals surface area contributed by atoms with E-state index in [1.807, 2.05) is 6.07 Å². The number of benzene rings is 1. The Hall–Kier alpha value is -2.02. The van der Waals surface area contributed by atoms with Gasteiger partial charge in [0.2, 0.25) is 5.91 Å². The Balaban J connectivity index is 1.97. The van der Waals surface area contributed by atoms with E-state index in [0.29, 0.717) is 29.8 Å². The summed E-state index contributed by atoms with van der Waals surface area (Å²) in [6.45, 7) is 2.48. The van der Waals surface area contributed by atoms with Gasteiger partial charge in [0.15, 0.2) is 16.6 Å². The molecule has 0 saturated heterocycles.